The third-order valence-corrected chi connectivity index (χ3v) is 4.45. The van der Waals surface area contributed by atoms with E-state index >= 15 is 0 Å². The maximum absolute atomic E-state index is 13.0. The summed E-state index contributed by atoms with van der Waals surface area (Å²) in [5.74, 6) is -2.49. The van der Waals surface area contributed by atoms with E-state index in [4.69, 9.17) is 37.0 Å². The first kappa shape index (κ1) is 16.6. The number of ether oxygens (including phenoxy) is 3. The molecule has 1 aliphatic rings. The molecule has 1 aliphatic heterocycles. The van der Waals surface area contributed by atoms with Gasteiger partial charge in [0.25, 0.3) is 0 Å². The molecule has 28 heavy (non-hydrogen) atoms. The third kappa shape index (κ3) is 4.73. The molecule has 8 heteroatoms. The average molecular weight is 413 g/mol. The van der Waals surface area contributed by atoms with Crippen molar-refractivity contribution in [3.05, 3.63) is 57.4 Å². The number of nitrogens with one attached hydrogen (secondary N) is 1. The van der Waals surface area contributed by atoms with Crippen LogP contribution >= 0.6 is 11.6 Å². The van der Waals surface area contributed by atoms with Gasteiger partial charge in [-0.1, -0.05) is 29.8 Å². The first-order chi connectivity index (χ1) is 14.9. The second kappa shape index (κ2) is 10.3. The number of carbonyl (C=O) groups is 2. The van der Waals surface area contributed by atoms with Gasteiger partial charge in [0.1, 0.15) is 0 Å². The number of methoxy groups -OCH3 is 1. The van der Waals surface area contributed by atoms with Crippen LogP contribution in [0.2, 0.25) is 5.02 Å². The second-order valence-electron chi connectivity index (χ2n) is 5.76. The molecule has 1 heterocycles. The zero-order chi connectivity index (χ0) is 24.3. The number of hydrogen-bond acceptors (Lipinski definition) is 7. The quantitative estimate of drug-likeness (QED) is 0.631. The Labute approximate surface area is 175 Å². The maximum Gasteiger partial charge on any atom is 0.336 e. The van der Waals surface area contributed by atoms with Crippen LogP contribution in [-0.2, 0) is 23.8 Å². The van der Waals surface area contributed by atoms with Crippen molar-refractivity contribution in [1.29, 1.82) is 0 Å². The van der Waals surface area contributed by atoms with Crippen LogP contribution in [-0.4, -0.2) is 45.3 Å². The van der Waals surface area contributed by atoms with Crippen LogP contribution in [0.4, 0.5) is 0 Å². The highest BCUT2D eigenvalue weighted by atomic mass is 35.5. The number of hydrogen-bond donors (Lipinski definition) is 2. The molecule has 152 valence electrons. The number of nitrogens with two attached hydrogens (primary N) is 1. The van der Waals surface area contributed by atoms with Crippen LogP contribution in [0.1, 0.15) is 30.8 Å². The highest BCUT2D eigenvalue weighted by Crippen LogP contribution is 2.41. The summed E-state index contributed by atoms with van der Waals surface area (Å²) >= 11 is 6.40. The van der Waals surface area contributed by atoms with Crippen LogP contribution in [0.3, 0.4) is 0 Å². The van der Waals surface area contributed by atoms with Crippen LogP contribution < -0.4 is 11.1 Å². The minimum absolute atomic E-state index is 0.0359. The van der Waals surface area contributed by atoms with Crippen molar-refractivity contribution >= 4 is 23.5 Å². The summed E-state index contributed by atoms with van der Waals surface area (Å²) in [6.45, 7) is -3.02. The standard InChI is InChI=1S/C20H25ClN2O5/c1-4-28-20(25)18-15(11-27-10-9-22)23-12(2)16(19(24)26-3)17(18)13-7-5-6-8-14(13)21/h5-8,17,23H,4,9-11,22H2,1-3H3/t17-/m0/s1/i9D2,10D2. The van der Waals surface area contributed by atoms with Gasteiger partial charge in [-0.05, 0) is 25.5 Å². The van der Waals surface area contributed by atoms with Gasteiger partial charge in [0.15, 0.2) is 0 Å². The Bertz CT molecular complexity index is 960. The summed E-state index contributed by atoms with van der Waals surface area (Å²) in [6, 6.07) is 6.62. The highest BCUT2D eigenvalue weighted by molar-refractivity contribution is 6.31. The number of rotatable bonds is 8. The average Bonchev–Trinajstić information content (AvgIpc) is 2.71. The molecule has 1 aromatic carbocycles. The van der Waals surface area contributed by atoms with Crippen LogP contribution in [0, 0.1) is 0 Å². The van der Waals surface area contributed by atoms with Gasteiger partial charge in [-0.2, -0.15) is 0 Å². The lowest BCUT2D eigenvalue weighted by atomic mass is 9.80. The summed E-state index contributed by atoms with van der Waals surface area (Å²) in [5.41, 5.74) is 6.13. The topological polar surface area (TPSA) is 99.9 Å². The lowest BCUT2D eigenvalue weighted by Crippen LogP contribution is -2.35. The Morgan fingerprint density at radius 1 is 1.29 bits per heavy atom. The number of benzene rings is 1. The van der Waals surface area contributed by atoms with E-state index in [2.05, 4.69) is 5.32 Å². The molecule has 1 aromatic rings. The van der Waals surface area contributed by atoms with E-state index in [1.54, 1.807) is 38.1 Å². The summed E-state index contributed by atoms with van der Waals surface area (Å²) in [6.07, 6.45) is 0. The molecule has 7 nitrogen and oxygen atoms in total. The number of dihydropyridines is 1. The van der Waals surface area contributed by atoms with Crippen molar-refractivity contribution in [1.82, 2.24) is 5.32 Å². The molecule has 2 rings (SSSR count). The fourth-order valence-corrected chi connectivity index (χ4v) is 3.26. The van der Waals surface area contributed by atoms with Gasteiger partial charge in [-0.15, -0.1) is 0 Å². The fraction of sp³-hybridized carbons (Fsp3) is 0.400. The van der Waals surface area contributed by atoms with Crippen molar-refractivity contribution in [2.45, 2.75) is 19.8 Å². The van der Waals surface area contributed by atoms with Crippen molar-refractivity contribution in [2.75, 3.05) is 33.4 Å². The van der Waals surface area contributed by atoms with Crippen molar-refractivity contribution < 1.29 is 29.3 Å². The molecule has 0 bridgehead atoms. The molecule has 1 atom stereocenters. The van der Waals surface area contributed by atoms with Crippen molar-refractivity contribution in [3.63, 3.8) is 0 Å². The van der Waals surface area contributed by atoms with Crippen molar-refractivity contribution in [3.8, 4) is 0 Å². The Morgan fingerprint density at radius 3 is 2.61 bits per heavy atom. The minimum atomic E-state index is -2.87. The van der Waals surface area contributed by atoms with E-state index in [0.717, 1.165) is 0 Å². The number of halogens is 1. The van der Waals surface area contributed by atoms with Crippen LogP contribution in [0.15, 0.2) is 46.8 Å². The van der Waals surface area contributed by atoms with Gasteiger partial charge < -0.3 is 25.3 Å². The van der Waals surface area contributed by atoms with E-state index in [9.17, 15) is 9.59 Å². The summed E-state index contributed by atoms with van der Waals surface area (Å²) < 4.78 is 45.6. The molecule has 0 amide bonds. The lowest BCUT2D eigenvalue weighted by Gasteiger charge is -2.31. The van der Waals surface area contributed by atoms with Crippen LogP contribution in [0.5, 0.6) is 0 Å². The van der Waals surface area contributed by atoms with E-state index in [-0.39, 0.29) is 28.5 Å². The van der Waals surface area contributed by atoms with Gasteiger partial charge in [-0.3, -0.25) is 0 Å². The highest BCUT2D eigenvalue weighted by Gasteiger charge is 2.39. The molecular weight excluding hydrogens is 384 g/mol. The van der Waals surface area contributed by atoms with Gasteiger partial charge in [0.05, 0.1) is 52.4 Å². The summed E-state index contributed by atoms with van der Waals surface area (Å²) in [4.78, 5) is 25.7. The van der Waals surface area contributed by atoms with E-state index < -0.39 is 37.5 Å². The fourth-order valence-electron chi connectivity index (χ4n) is 3.01. The molecular formula is C20H25ClN2O5. The molecule has 0 radical (unpaired) electrons. The summed E-state index contributed by atoms with van der Waals surface area (Å²) in [7, 11) is 1.20. The van der Waals surface area contributed by atoms with Gasteiger partial charge in [0, 0.05) is 20.0 Å². The first-order valence-corrected chi connectivity index (χ1v) is 8.87. The predicted molar refractivity (Wildman–Crippen MR) is 106 cm³/mol. The summed E-state index contributed by atoms with van der Waals surface area (Å²) in [5, 5.41) is 3.16. The smallest absolute Gasteiger partial charge is 0.336 e. The predicted octanol–water partition coefficient (Wildman–Crippen LogP) is 2.27. The molecule has 0 fully saturated rings. The lowest BCUT2D eigenvalue weighted by molar-refractivity contribution is -0.139. The van der Waals surface area contributed by atoms with Crippen molar-refractivity contribution in [2.24, 2.45) is 5.73 Å². The van der Waals surface area contributed by atoms with E-state index in [1.807, 2.05) is 0 Å². The van der Waals surface area contributed by atoms with Crippen LogP contribution in [0.25, 0.3) is 0 Å². The molecule has 0 saturated heterocycles. The van der Waals surface area contributed by atoms with Gasteiger partial charge in [-0.25, -0.2) is 9.59 Å². The number of carbonyl (C=O) groups excluding carboxylic acids is 2. The van der Waals surface area contributed by atoms with Gasteiger partial charge >= 0.3 is 11.9 Å². The number of allylic oxidation sites excluding steroid dienone is 1. The van der Waals surface area contributed by atoms with E-state index in [0.29, 0.717) is 11.3 Å². The Balaban J connectivity index is 2.69. The maximum atomic E-state index is 13.0. The molecule has 0 spiro atoms. The largest absolute Gasteiger partial charge is 0.466 e. The minimum Gasteiger partial charge on any atom is -0.466 e. The Kier molecular flexibility index (Phi) is 6.08. The Hall–Kier alpha value is -2.35. The van der Waals surface area contributed by atoms with E-state index in [1.165, 1.54) is 7.11 Å². The Morgan fingerprint density at radius 2 is 2.00 bits per heavy atom. The normalized spacial score (nSPS) is 19.8. The SMILES string of the molecule is [2H]C([2H])(N)C([2H])([2H])OCC1=C(C(=O)OCC)[C@@H](c2ccccc2Cl)C(C(=O)OC)=C(C)N1. The molecule has 0 unspecified atom stereocenters. The first-order valence-electron chi connectivity index (χ1n) is 10.5. The van der Waals surface area contributed by atoms with Gasteiger partial charge in [0.2, 0.25) is 0 Å². The molecule has 0 saturated carbocycles. The molecule has 3 N–H and O–H groups in total. The second-order valence-corrected chi connectivity index (χ2v) is 6.16. The number of esters is 2. The zero-order valence-corrected chi connectivity index (χ0v) is 16.6. The molecule has 0 aromatic heterocycles. The molecule has 0 aliphatic carbocycles. The third-order valence-electron chi connectivity index (χ3n) is 4.11. The monoisotopic (exact) mass is 412 g/mol. The zero-order valence-electron chi connectivity index (χ0n) is 19.8.